The lowest BCUT2D eigenvalue weighted by atomic mass is 10.2. The summed E-state index contributed by atoms with van der Waals surface area (Å²) in [5.74, 6) is 0. The Balaban J connectivity index is 1.50. The summed E-state index contributed by atoms with van der Waals surface area (Å²) in [6, 6.07) is 19.5. The van der Waals surface area contributed by atoms with Crippen molar-refractivity contribution in [1.29, 1.82) is 0 Å². The molecule has 2 amide bonds. The van der Waals surface area contributed by atoms with Crippen LogP contribution in [0.25, 0.3) is 21.8 Å². The van der Waals surface area contributed by atoms with Crippen LogP contribution < -0.4 is 10.6 Å². The van der Waals surface area contributed by atoms with Crippen LogP contribution in [-0.4, -0.2) is 22.1 Å². The monoisotopic (exact) mass is 330 g/mol. The molecule has 0 spiro atoms. The molecule has 4 aromatic rings. The van der Waals surface area contributed by atoms with Crippen LogP contribution in [0.15, 0.2) is 73.1 Å². The van der Waals surface area contributed by atoms with Crippen LogP contribution in [0.1, 0.15) is 0 Å². The molecule has 2 N–H and O–H groups in total. The van der Waals surface area contributed by atoms with Gasteiger partial charge in [-0.1, -0.05) is 36.4 Å². The summed E-state index contributed by atoms with van der Waals surface area (Å²) in [5, 5.41) is 8.11. The minimum atomic E-state index is -0.204. The Kier molecular flexibility index (Phi) is 4.04. The number of aromatic nitrogens is 2. The van der Waals surface area contributed by atoms with E-state index < -0.39 is 0 Å². The third-order valence-corrected chi connectivity index (χ3v) is 4.23. The Bertz CT molecular complexity index is 970. The van der Waals surface area contributed by atoms with Gasteiger partial charge in [0.05, 0.1) is 11.7 Å². The van der Waals surface area contributed by atoms with Crippen molar-refractivity contribution in [3.05, 3.63) is 73.1 Å². The van der Waals surface area contributed by atoms with E-state index in [0.29, 0.717) is 13.1 Å². The number of para-hydroxylation sites is 2. The van der Waals surface area contributed by atoms with E-state index in [1.54, 1.807) is 0 Å². The van der Waals surface area contributed by atoms with Gasteiger partial charge in [-0.3, -0.25) is 4.98 Å². The van der Waals surface area contributed by atoms with Crippen molar-refractivity contribution >= 4 is 33.5 Å². The first kappa shape index (κ1) is 15.2. The second-order valence-electron chi connectivity index (χ2n) is 5.81. The second-order valence-corrected chi connectivity index (χ2v) is 5.81. The van der Waals surface area contributed by atoms with E-state index in [2.05, 4.69) is 32.3 Å². The van der Waals surface area contributed by atoms with E-state index >= 15 is 0 Å². The molecule has 5 heteroatoms. The number of amides is 2. The molecule has 124 valence electrons. The van der Waals surface area contributed by atoms with Crippen molar-refractivity contribution in [2.45, 2.75) is 6.54 Å². The zero-order valence-corrected chi connectivity index (χ0v) is 13.6. The van der Waals surface area contributed by atoms with E-state index in [1.807, 2.05) is 60.9 Å². The quantitative estimate of drug-likeness (QED) is 0.594. The fourth-order valence-electron chi connectivity index (χ4n) is 3.11. The number of urea groups is 1. The Labute approximate surface area is 145 Å². The molecule has 4 rings (SSSR count). The highest BCUT2D eigenvalue weighted by Crippen LogP contribution is 2.27. The van der Waals surface area contributed by atoms with Gasteiger partial charge in [0, 0.05) is 41.3 Å². The number of anilines is 1. The average molecular weight is 330 g/mol. The molecule has 0 aliphatic rings. The highest BCUT2D eigenvalue weighted by molar-refractivity contribution is 6.07. The highest BCUT2D eigenvalue weighted by Gasteiger charge is 2.10. The Morgan fingerprint density at radius 2 is 1.68 bits per heavy atom. The number of pyridine rings is 1. The first-order valence-corrected chi connectivity index (χ1v) is 8.24. The number of carbonyl (C=O) groups is 1. The molecule has 2 aromatic heterocycles. The van der Waals surface area contributed by atoms with Crippen LogP contribution in [0.2, 0.25) is 0 Å². The number of hydrogen-bond donors (Lipinski definition) is 2. The van der Waals surface area contributed by atoms with Gasteiger partial charge in [0.1, 0.15) is 0 Å². The van der Waals surface area contributed by atoms with Crippen molar-refractivity contribution in [3.8, 4) is 0 Å². The molecule has 5 nitrogen and oxygen atoms in total. The summed E-state index contributed by atoms with van der Waals surface area (Å²) in [6.07, 6.45) is 3.68. The van der Waals surface area contributed by atoms with Gasteiger partial charge >= 0.3 is 6.03 Å². The van der Waals surface area contributed by atoms with Crippen LogP contribution in [0.5, 0.6) is 0 Å². The highest BCUT2D eigenvalue weighted by atomic mass is 16.2. The van der Waals surface area contributed by atoms with Gasteiger partial charge in [-0.25, -0.2) is 4.79 Å². The van der Waals surface area contributed by atoms with Crippen molar-refractivity contribution in [2.24, 2.45) is 0 Å². The summed E-state index contributed by atoms with van der Waals surface area (Å²) < 4.78 is 2.19. The zero-order chi connectivity index (χ0) is 17.1. The summed E-state index contributed by atoms with van der Waals surface area (Å²) >= 11 is 0. The van der Waals surface area contributed by atoms with Crippen LogP contribution in [0, 0.1) is 0 Å². The van der Waals surface area contributed by atoms with Gasteiger partial charge in [-0.15, -0.1) is 0 Å². The number of fused-ring (bicyclic) bond motifs is 3. The number of carbonyl (C=O) groups excluding carboxylic acids is 1. The van der Waals surface area contributed by atoms with Crippen LogP contribution >= 0.6 is 0 Å². The third-order valence-electron chi connectivity index (χ3n) is 4.23. The van der Waals surface area contributed by atoms with E-state index in [4.69, 9.17) is 0 Å². The smallest absolute Gasteiger partial charge is 0.319 e. The second kappa shape index (κ2) is 6.65. The third kappa shape index (κ3) is 3.04. The van der Waals surface area contributed by atoms with E-state index in [-0.39, 0.29) is 6.03 Å². The predicted octanol–water partition coefficient (Wildman–Crippen LogP) is 4.01. The van der Waals surface area contributed by atoms with Gasteiger partial charge in [-0.2, -0.15) is 0 Å². The maximum absolute atomic E-state index is 12.0. The van der Waals surface area contributed by atoms with Gasteiger partial charge < -0.3 is 15.2 Å². The van der Waals surface area contributed by atoms with Gasteiger partial charge in [0.25, 0.3) is 0 Å². The Hall–Kier alpha value is -3.34. The molecule has 0 atom stereocenters. The summed E-state index contributed by atoms with van der Waals surface area (Å²) in [7, 11) is 0. The minimum absolute atomic E-state index is 0.204. The fraction of sp³-hybridized carbons (Fsp3) is 0.100. The SMILES string of the molecule is O=C(NCCn1c2ccccc2c2ccncc21)Nc1ccccc1. The van der Waals surface area contributed by atoms with Gasteiger partial charge in [0.2, 0.25) is 0 Å². The lowest BCUT2D eigenvalue weighted by Gasteiger charge is -2.10. The molecule has 0 bridgehead atoms. The average Bonchev–Trinajstić information content (AvgIpc) is 2.97. The lowest BCUT2D eigenvalue weighted by molar-refractivity contribution is 0.252. The molecule has 2 heterocycles. The zero-order valence-electron chi connectivity index (χ0n) is 13.6. The normalized spacial score (nSPS) is 10.9. The largest absolute Gasteiger partial charge is 0.337 e. The maximum atomic E-state index is 12.0. The van der Waals surface area contributed by atoms with Crippen LogP contribution in [0.4, 0.5) is 10.5 Å². The molecule has 0 aliphatic carbocycles. The van der Waals surface area contributed by atoms with Crippen molar-refractivity contribution in [3.63, 3.8) is 0 Å². The topological polar surface area (TPSA) is 59.0 Å². The van der Waals surface area contributed by atoms with E-state index in [9.17, 15) is 4.79 Å². The lowest BCUT2D eigenvalue weighted by Crippen LogP contribution is -2.31. The molecule has 25 heavy (non-hydrogen) atoms. The Morgan fingerprint density at radius 3 is 2.56 bits per heavy atom. The standard InChI is InChI=1S/C20H18N4O/c25-20(23-15-6-2-1-3-7-15)22-12-13-24-18-9-5-4-8-16(18)17-10-11-21-14-19(17)24/h1-11,14H,12-13H2,(H2,22,23,25). The summed E-state index contributed by atoms with van der Waals surface area (Å²) in [4.78, 5) is 16.3. The van der Waals surface area contributed by atoms with Crippen LogP contribution in [0.3, 0.4) is 0 Å². The van der Waals surface area contributed by atoms with E-state index in [0.717, 1.165) is 16.7 Å². The molecule has 0 unspecified atom stereocenters. The molecular formula is C20H18N4O. The fourth-order valence-corrected chi connectivity index (χ4v) is 3.11. The van der Waals surface area contributed by atoms with Crippen molar-refractivity contribution in [1.82, 2.24) is 14.9 Å². The number of rotatable bonds is 4. The molecular weight excluding hydrogens is 312 g/mol. The van der Waals surface area contributed by atoms with Crippen molar-refractivity contribution in [2.75, 3.05) is 11.9 Å². The summed E-state index contributed by atoms with van der Waals surface area (Å²) in [6.45, 7) is 1.21. The Morgan fingerprint density at radius 1 is 0.920 bits per heavy atom. The number of nitrogens with one attached hydrogen (secondary N) is 2. The van der Waals surface area contributed by atoms with Crippen LogP contribution in [-0.2, 0) is 6.54 Å². The number of nitrogens with zero attached hydrogens (tertiary/aromatic N) is 2. The first-order valence-electron chi connectivity index (χ1n) is 8.24. The number of benzene rings is 2. The molecule has 0 fully saturated rings. The molecule has 2 aromatic carbocycles. The number of hydrogen-bond acceptors (Lipinski definition) is 2. The predicted molar refractivity (Wildman–Crippen MR) is 101 cm³/mol. The maximum Gasteiger partial charge on any atom is 0.319 e. The van der Waals surface area contributed by atoms with Gasteiger partial charge in [-0.05, 0) is 24.3 Å². The minimum Gasteiger partial charge on any atom is -0.337 e. The summed E-state index contributed by atoms with van der Waals surface area (Å²) in [5.41, 5.74) is 3.01. The van der Waals surface area contributed by atoms with E-state index in [1.165, 1.54) is 10.8 Å². The molecule has 0 aliphatic heterocycles. The molecule has 0 saturated carbocycles. The van der Waals surface area contributed by atoms with Crippen molar-refractivity contribution < 1.29 is 4.79 Å². The first-order chi connectivity index (χ1) is 12.3. The molecule has 0 radical (unpaired) electrons. The van der Waals surface area contributed by atoms with Gasteiger partial charge in [0.15, 0.2) is 0 Å². The molecule has 0 saturated heterocycles.